The molecule has 1 aromatic heterocycles. The van der Waals surface area contributed by atoms with E-state index in [2.05, 4.69) is 34.5 Å². The lowest BCUT2D eigenvalue weighted by Crippen LogP contribution is -2.38. The lowest BCUT2D eigenvalue weighted by atomic mass is 10.2. The van der Waals surface area contributed by atoms with E-state index in [4.69, 9.17) is 4.74 Å². The van der Waals surface area contributed by atoms with Crippen molar-refractivity contribution in [2.75, 3.05) is 20.2 Å². The molecule has 2 rings (SSSR count). The predicted octanol–water partition coefficient (Wildman–Crippen LogP) is 3.01. The maximum atomic E-state index is 5.37. The number of thiazole rings is 1. The molecule has 0 unspecified atom stereocenters. The molecule has 1 aromatic carbocycles. The Morgan fingerprint density at radius 1 is 1.25 bits per heavy atom. The first-order valence-electron chi connectivity index (χ1n) is 8.34. The van der Waals surface area contributed by atoms with Crippen molar-refractivity contribution in [1.82, 2.24) is 15.6 Å². The summed E-state index contributed by atoms with van der Waals surface area (Å²) in [6.45, 7) is 6.44. The highest BCUT2D eigenvalue weighted by Crippen LogP contribution is 2.18. The molecule has 2 aromatic rings. The molecule has 130 valence electrons. The molecule has 0 aliphatic heterocycles. The second-order valence-corrected chi connectivity index (χ2v) is 6.46. The van der Waals surface area contributed by atoms with Gasteiger partial charge in [0.2, 0.25) is 0 Å². The van der Waals surface area contributed by atoms with Gasteiger partial charge in [0.25, 0.3) is 0 Å². The Morgan fingerprint density at radius 2 is 2.08 bits per heavy atom. The molecule has 24 heavy (non-hydrogen) atoms. The number of aliphatic imine (C=N–C) groups is 1. The molecule has 0 saturated heterocycles. The number of nitrogens with zero attached hydrogens (tertiary/aromatic N) is 2. The molecule has 0 radical (unpaired) electrons. The SMILES string of the molecule is CCNC(=NCc1ccccc1OC)NCCc1ncc(CC)s1. The van der Waals surface area contributed by atoms with E-state index in [1.807, 2.05) is 30.5 Å². The summed E-state index contributed by atoms with van der Waals surface area (Å²) >= 11 is 1.79. The number of nitrogens with one attached hydrogen (secondary N) is 2. The fourth-order valence-corrected chi connectivity index (χ4v) is 3.12. The van der Waals surface area contributed by atoms with Crippen LogP contribution in [0, 0.1) is 0 Å². The summed E-state index contributed by atoms with van der Waals surface area (Å²) in [4.78, 5) is 10.4. The van der Waals surface area contributed by atoms with Crippen molar-refractivity contribution in [1.29, 1.82) is 0 Å². The normalized spacial score (nSPS) is 11.4. The van der Waals surface area contributed by atoms with Crippen LogP contribution in [0.15, 0.2) is 35.5 Å². The first-order chi connectivity index (χ1) is 11.8. The standard InChI is InChI=1S/C18H26N4OS/c1-4-15-13-21-17(24-15)10-11-20-18(19-5-2)22-12-14-8-6-7-9-16(14)23-3/h6-9,13H,4-5,10-12H2,1-3H3,(H2,19,20,22). The quantitative estimate of drug-likeness (QED) is 0.570. The Balaban J connectivity index is 1.90. The lowest BCUT2D eigenvalue weighted by Gasteiger charge is -2.11. The van der Waals surface area contributed by atoms with E-state index in [1.54, 1.807) is 18.4 Å². The van der Waals surface area contributed by atoms with E-state index >= 15 is 0 Å². The number of hydrogen-bond acceptors (Lipinski definition) is 4. The van der Waals surface area contributed by atoms with Gasteiger partial charge in [-0.2, -0.15) is 0 Å². The summed E-state index contributed by atoms with van der Waals surface area (Å²) in [5.74, 6) is 1.68. The van der Waals surface area contributed by atoms with E-state index in [9.17, 15) is 0 Å². The van der Waals surface area contributed by atoms with Crippen LogP contribution in [-0.2, 0) is 19.4 Å². The van der Waals surface area contributed by atoms with Gasteiger partial charge in [-0.1, -0.05) is 25.1 Å². The number of para-hydroxylation sites is 1. The maximum Gasteiger partial charge on any atom is 0.191 e. The van der Waals surface area contributed by atoms with Crippen LogP contribution < -0.4 is 15.4 Å². The molecular formula is C18H26N4OS. The summed E-state index contributed by atoms with van der Waals surface area (Å²) in [5, 5.41) is 7.81. The second kappa shape index (κ2) is 9.93. The van der Waals surface area contributed by atoms with E-state index in [0.29, 0.717) is 6.54 Å². The van der Waals surface area contributed by atoms with Crippen LogP contribution in [0.5, 0.6) is 5.75 Å². The number of hydrogen-bond donors (Lipinski definition) is 2. The van der Waals surface area contributed by atoms with Crippen molar-refractivity contribution >= 4 is 17.3 Å². The van der Waals surface area contributed by atoms with Gasteiger partial charge in [0.05, 0.1) is 18.7 Å². The third-order valence-electron chi connectivity index (χ3n) is 3.53. The van der Waals surface area contributed by atoms with Crippen molar-refractivity contribution in [3.8, 4) is 5.75 Å². The van der Waals surface area contributed by atoms with Gasteiger partial charge >= 0.3 is 0 Å². The molecule has 0 spiro atoms. The van der Waals surface area contributed by atoms with Crippen molar-refractivity contribution in [3.63, 3.8) is 0 Å². The minimum Gasteiger partial charge on any atom is -0.496 e. The third kappa shape index (κ3) is 5.53. The van der Waals surface area contributed by atoms with Gasteiger partial charge in [0, 0.05) is 36.1 Å². The smallest absolute Gasteiger partial charge is 0.191 e. The number of rotatable bonds is 8. The van der Waals surface area contributed by atoms with Gasteiger partial charge < -0.3 is 15.4 Å². The first kappa shape index (κ1) is 18.3. The summed E-state index contributed by atoms with van der Waals surface area (Å²) in [5.41, 5.74) is 1.07. The average Bonchev–Trinajstić information content (AvgIpc) is 3.08. The zero-order valence-corrected chi connectivity index (χ0v) is 15.4. The number of aromatic nitrogens is 1. The van der Waals surface area contributed by atoms with Crippen LogP contribution >= 0.6 is 11.3 Å². The highest BCUT2D eigenvalue weighted by atomic mass is 32.1. The van der Waals surface area contributed by atoms with Crippen LogP contribution in [0.2, 0.25) is 0 Å². The fourth-order valence-electron chi connectivity index (χ4n) is 2.25. The zero-order chi connectivity index (χ0) is 17.2. The summed E-state index contributed by atoms with van der Waals surface area (Å²) in [7, 11) is 1.69. The number of methoxy groups -OCH3 is 1. The summed E-state index contributed by atoms with van der Waals surface area (Å²) in [6, 6.07) is 7.96. The van der Waals surface area contributed by atoms with Crippen LogP contribution in [0.3, 0.4) is 0 Å². The third-order valence-corrected chi connectivity index (χ3v) is 4.73. The van der Waals surface area contributed by atoms with Gasteiger partial charge in [0.15, 0.2) is 5.96 Å². The molecular weight excluding hydrogens is 320 g/mol. The Hall–Kier alpha value is -2.08. The van der Waals surface area contributed by atoms with Crippen LogP contribution in [0.4, 0.5) is 0 Å². The van der Waals surface area contributed by atoms with E-state index in [-0.39, 0.29) is 0 Å². The average molecular weight is 347 g/mol. The van der Waals surface area contributed by atoms with Gasteiger partial charge in [-0.25, -0.2) is 9.98 Å². The number of guanidine groups is 1. The van der Waals surface area contributed by atoms with E-state index < -0.39 is 0 Å². The first-order valence-corrected chi connectivity index (χ1v) is 9.16. The minimum absolute atomic E-state index is 0.580. The minimum atomic E-state index is 0.580. The number of aryl methyl sites for hydroxylation is 1. The molecule has 1 heterocycles. The lowest BCUT2D eigenvalue weighted by molar-refractivity contribution is 0.410. The molecule has 0 aliphatic carbocycles. The number of ether oxygens (including phenoxy) is 1. The fraction of sp³-hybridized carbons (Fsp3) is 0.444. The molecule has 0 aliphatic rings. The molecule has 0 amide bonds. The van der Waals surface area contributed by atoms with Crippen LogP contribution in [0.25, 0.3) is 0 Å². The molecule has 2 N–H and O–H groups in total. The summed E-state index contributed by atoms with van der Waals surface area (Å²) in [6.07, 6.45) is 3.93. The molecule has 0 atom stereocenters. The van der Waals surface area contributed by atoms with Crippen molar-refractivity contribution in [2.45, 2.75) is 33.2 Å². The molecule has 6 heteroatoms. The van der Waals surface area contributed by atoms with Crippen LogP contribution in [-0.4, -0.2) is 31.1 Å². The van der Waals surface area contributed by atoms with Crippen LogP contribution in [0.1, 0.15) is 29.3 Å². The topological polar surface area (TPSA) is 58.5 Å². The molecule has 0 bridgehead atoms. The van der Waals surface area contributed by atoms with E-state index in [0.717, 1.165) is 43.2 Å². The zero-order valence-electron chi connectivity index (χ0n) is 14.6. The molecule has 5 nitrogen and oxygen atoms in total. The van der Waals surface area contributed by atoms with Crippen molar-refractivity contribution < 1.29 is 4.74 Å². The Labute approximate surface area is 148 Å². The second-order valence-electron chi connectivity index (χ2n) is 5.26. The highest BCUT2D eigenvalue weighted by Gasteiger charge is 2.04. The Morgan fingerprint density at radius 3 is 2.79 bits per heavy atom. The van der Waals surface area contributed by atoms with Gasteiger partial charge in [-0.15, -0.1) is 11.3 Å². The van der Waals surface area contributed by atoms with Gasteiger partial charge in [-0.05, 0) is 19.4 Å². The monoisotopic (exact) mass is 346 g/mol. The highest BCUT2D eigenvalue weighted by molar-refractivity contribution is 7.11. The Bertz CT molecular complexity index is 654. The Kier molecular flexibility index (Phi) is 7.55. The largest absolute Gasteiger partial charge is 0.496 e. The van der Waals surface area contributed by atoms with Gasteiger partial charge in [0.1, 0.15) is 5.75 Å². The molecule has 0 saturated carbocycles. The maximum absolute atomic E-state index is 5.37. The van der Waals surface area contributed by atoms with Gasteiger partial charge in [-0.3, -0.25) is 0 Å². The summed E-state index contributed by atoms with van der Waals surface area (Å²) < 4.78 is 5.37. The van der Waals surface area contributed by atoms with Crippen molar-refractivity contribution in [3.05, 3.63) is 45.9 Å². The van der Waals surface area contributed by atoms with E-state index in [1.165, 1.54) is 9.88 Å². The number of benzene rings is 1. The predicted molar refractivity (Wildman–Crippen MR) is 101 cm³/mol. The van der Waals surface area contributed by atoms with Crippen molar-refractivity contribution in [2.24, 2.45) is 4.99 Å². The molecule has 0 fully saturated rings.